The van der Waals surface area contributed by atoms with Gasteiger partial charge in [-0.1, -0.05) is 26.8 Å². The van der Waals surface area contributed by atoms with E-state index in [1.807, 2.05) is 0 Å². The van der Waals surface area contributed by atoms with E-state index in [9.17, 15) is 34.2 Å². The lowest BCUT2D eigenvalue weighted by atomic mass is 9.51. The van der Waals surface area contributed by atoms with Gasteiger partial charge in [-0.25, -0.2) is 0 Å². The summed E-state index contributed by atoms with van der Waals surface area (Å²) in [6.07, 6.45) is -4.82. The molecule has 1 saturated carbocycles. The van der Waals surface area contributed by atoms with Crippen molar-refractivity contribution < 1.29 is 67.3 Å². The van der Waals surface area contributed by atoms with Crippen LogP contribution in [0.5, 0.6) is 0 Å². The maximum absolute atomic E-state index is 13.2. The highest BCUT2D eigenvalue weighted by Gasteiger charge is 2.80. The minimum Gasteiger partial charge on any atom is -0.459 e. The first kappa shape index (κ1) is 35.5. The molecule has 2 saturated heterocycles. The number of aliphatic hydroxyl groups excluding tert-OH is 1. The Hall–Kier alpha value is -3.33. The fourth-order valence-electron chi connectivity index (χ4n) is 7.33. The van der Waals surface area contributed by atoms with Crippen molar-refractivity contribution >= 4 is 29.8 Å². The summed E-state index contributed by atoms with van der Waals surface area (Å²) in [5, 5.41) is 24.6. The molecule has 0 aromatic heterocycles. The van der Waals surface area contributed by atoms with Crippen LogP contribution in [0.4, 0.5) is 0 Å². The van der Waals surface area contributed by atoms with Crippen molar-refractivity contribution in [3.05, 3.63) is 23.8 Å². The SMILES string of the molecule is COCC1=CC2OC(=O)C(C)C2(O)C(OC(C)=O)C2C3(CO3)C(OC(=O)CC(C)C)C(O)C(OC(C)=O)C2(C)C(OC(C)=O)C=C1. The second kappa shape index (κ2) is 13.1. The van der Waals surface area contributed by atoms with E-state index in [0.717, 1.165) is 20.8 Å². The molecule has 14 nitrogen and oxygen atoms in total. The van der Waals surface area contributed by atoms with Crippen LogP contribution in [0.2, 0.25) is 0 Å². The Bertz CT molecular complexity index is 1300. The fourth-order valence-corrected chi connectivity index (χ4v) is 7.33. The van der Waals surface area contributed by atoms with Gasteiger partial charge in [-0.15, -0.1) is 0 Å². The third-order valence-corrected chi connectivity index (χ3v) is 9.38. The minimum atomic E-state index is -2.30. The molecule has 14 heteroatoms. The van der Waals surface area contributed by atoms with Gasteiger partial charge in [0.25, 0.3) is 0 Å². The van der Waals surface area contributed by atoms with E-state index in [-0.39, 0.29) is 25.6 Å². The van der Waals surface area contributed by atoms with E-state index in [1.54, 1.807) is 13.8 Å². The molecule has 1 spiro atoms. The zero-order valence-electron chi connectivity index (χ0n) is 27.3. The lowest BCUT2D eigenvalue weighted by Gasteiger charge is -2.58. The molecule has 11 atom stereocenters. The number of hydrogen-bond acceptors (Lipinski definition) is 14. The highest BCUT2D eigenvalue weighted by atomic mass is 16.7. The number of rotatable bonds is 8. The van der Waals surface area contributed by atoms with E-state index in [0.29, 0.717) is 5.57 Å². The number of aliphatic hydroxyl groups is 2. The first-order valence-corrected chi connectivity index (χ1v) is 15.3. The number of hydrogen-bond donors (Lipinski definition) is 2. The first-order chi connectivity index (χ1) is 21.4. The van der Waals surface area contributed by atoms with Crippen LogP contribution in [0.25, 0.3) is 0 Å². The molecule has 256 valence electrons. The van der Waals surface area contributed by atoms with Crippen molar-refractivity contribution in [2.45, 2.75) is 103 Å². The largest absolute Gasteiger partial charge is 0.459 e. The van der Waals surface area contributed by atoms with Crippen LogP contribution in [0.1, 0.15) is 54.9 Å². The number of ether oxygens (including phenoxy) is 7. The van der Waals surface area contributed by atoms with Crippen LogP contribution >= 0.6 is 0 Å². The predicted molar refractivity (Wildman–Crippen MR) is 155 cm³/mol. The Morgan fingerprint density at radius 2 is 1.59 bits per heavy atom. The van der Waals surface area contributed by atoms with E-state index in [2.05, 4.69) is 0 Å². The summed E-state index contributed by atoms with van der Waals surface area (Å²) in [6, 6.07) is 0. The zero-order valence-corrected chi connectivity index (χ0v) is 27.3. The molecule has 2 aliphatic carbocycles. The second-order valence-corrected chi connectivity index (χ2v) is 13.2. The third-order valence-electron chi connectivity index (χ3n) is 9.38. The van der Waals surface area contributed by atoms with Gasteiger partial charge >= 0.3 is 29.8 Å². The lowest BCUT2D eigenvalue weighted by Crippen LogP contribution is -2.75. The molecule has 0 aromatic rings. The standard InChI is InChI=1S/C32H44O14/c1-15(2)11-23(36)46-27-24(37)26(43-18(5)34)30(7)21(42-17(4)33)10-9-20(13-40-8)12-22-32(39,16(3)29(38)45-22)28(44-19(6)35)25(30)31(27)14-41-31/h9-10,12,15-16,21-22,24-28,37,39H,11,13-14H2,1-8H3. The number of carbonyl (C=O) groups excluding carboxylic acids is 5. The van der Waals surface area contributed by atoms with E-state index < -0.39 is 94.9 Å². The predicted octanol–water partition coefficient (Wildman–Crippen LogP) is 0.941. The maximum Gasteiger partial charge on any atom is 0.312 e. The molecule has 0 bridgehead atoms. The summed E-state index contributed by atoms with van der Waals surface area (Å²) in [7, 11) is 1.43. The smallest absolute Gasteiger partial charge is 0.312 e. The summed E-state index contributed by atoms with van der Waals surface area (Å²) in [4.78, 5) is 64.4. The zero-order chi connectivity index (χ0) is 34.4. The van der Waals surface area contributed by atoms with Crippen LogP contribution in [0.15, 0.2) is 23.8 Å². The van der Waals surface area contributed by atoms with Gasteiger partial charge in [0.15, 0.2) is 17.8 Å². The van der Waals surface area contributed by atoms with E-state index >= 15 is 0 Å². The molecule has 0 aromatic carbocycles. The van der Waals surface area contributed by atoms with Crippen LogP contribution < -0.4 is 0 Å². The third kappa shape index (κ3) is 6.19. The van der Waals surface area contributed by atoms with Gasteiger partial charge in [-0.2, -0.15) is 0 Å². The Balaban J connectivity index is 2.09. The van der Waals surface area contributed by atoms with Crippen molar-refractivity contribution in [1.29, 1.82) is 0 Å². The molecule has 11 unspecified atom stereocenters. The molecule has 46 heavy (non-hydrogen) atoms. The number of esters is 5. The summed E-state index contributed by atoms with van der Waals surface area (Å²) >= 11 is 0. The molecule has 0 radical (unpaired) electrons. The van der Waals surface area contributed by atoms with Gasteiger partial charge in [0.2, 0.25) is 0 Å². The number of carbonyl (C=O) groups is 5. The Labute approximate surface area is 267 Å². The van der Waals surface area contributed by atoms with Gasteiger partial charge in [0.1, 0.15) is 30.0 Å². The Morgan fingerprint density at radius 1 is 1.00 bits per heavy atom. The van der Waals surface area contributed by atoms with E-state index in [4.69, 9.17) is 33.2 Å². The number of fused-ring (bicyclic) bond motifs is 3. The minimum absolute atomic E-state index is 0.0237. The van der Waals surface area contributed by atoms with Crippen molar-refractivity contribution in [2.75, 3.05) is 20.3 Å². The van der Waals surface area contributed by atoms with E-state index in [1.165, 1.54) is 39.2 Å². The normalized spacial score (nSPS) is 39.8. The average molecular weight is 653 g/mol. The van der Waals surface area contributed by atoms with Gasteiger partial charge in [0, 0.05) is 40.2 Å². The summed E-state index contributed by atoms with van der Waals surface area (Å²) < 4.78 is 40.4. The van der Waals surface area contributed by atoms with Crippen LogP contribution in [0.3, 0.4) is 0 Å². The van der Waals surface area contributed by atoms with Gasteiger partial charge in [-0.05, 0) is 30.6 Å². The lowest BCUT2D eigenvalue weighted by molar-refractivity contribution is -0.276. The van der Waals surface area contributed by atoms with Crippen LogP contribution in [-0.4, -0.2) is 108 Å². The molecule has 2 N–H and O–H groups in total. The fraction of sp³-hybridized carbons (Fsp3) is 0.719. The Morgan fingerprint density at radius 3 is 2.11 bits per heavy atom. The molecule has 0 amide bonds. The number of methoxy groups -OCH3 is 1. The highest BCUT2D eigenvalue weighted by molar-refractivity contribution is 5.78. The molecule has 4 rings (SSSR count). The molecule has 3 fully saturated rings. The van der Waals surface area contributed by atoms with Crippen molar-refractivity contribution in [2.24, 2.45) is 23.2 Å². The number of epoxide rings is 1. The van der Waals surface area contributed by atoms with Crippen molar-refractivity contribution in [1.82, 2.24) is 0 Å². The van der Waals surface area contributed by atoms with Crippen molar-refractivity contribution in [3.63, 3.8) is 0 Å². The monoisotopic (exact) mass is 652 g/mol. The maximum atomic E-state index is 13.2. The second-order valence-electron chi connectivity index (χ2n) is 13.2. The van der Waals surface area contributed by atoms with Gasteiger partial charge in [-0.3, -0.25) is 24.0 Å². The van der Waals surface area contributed by atoms with Crippen molar-refractivity contribution in [3.8, 4) is 0 Å². The molecular formula is C32H44O14. The molecule has 2 heterocycles. The molecule has 2 aliphatic heterocycles. The quantitative estimate of drug-likeness (QED) is 0.214. The van der Waals surface area contributed by atoms with Gasteiger partial charge in [0.05, 0.1) is 24.5 Å². The summed E-state index contributed by atoms with van der Waals surface area (Å²) in [5.41, 5.74) is -5.35. The van der Waals surface area contributed by atoms with Gasteiger partial charge < -0.3 is 43.4 Å². The molecule has 4 aliphatic rings. The van der Waals surface area contributed by atoms with Crippen LogP contribution in [-0.2, 0) is 57.1 Å². The Kier molecular flexibility index (Phi) is 10.1. The summed E-state index contributed by atoms with van der Waals surface area (Å²) in [5.74, 6) is -6.68. The van der Waals surface area contributed by atoms with Crippen LogP contribution in [0, 0.1) is 23.2 Å². The summed E-state index contributed by atoms with van der Waals surface area (Å²) in [6.45, 7) is 9.72. The average Bonchev–Trinajstić information content (AvgIpc) is 3.69. The topological polar surface area (TPSA) is 194 Å². The highest BCUT2D eigenvalue weighted by Crippen LogP contribution is 2.62. The molecular weight excluding hydrogens is 608 g/mol. The first-order valence-electron chi connectivity index (χ1n) is 15.3.